The van der Waals surface area contributed by atoms with E-state index in [2.05, 4.69) is 5.32 Å². The molecule has 92 valence electrons. The maximum Gasteiger partial charge on any atom is 0.240 e. The summed E-state index contributed by atoms with van der Waals surface area (Å²) in [5, 5.41) is 13.0. The van der Waals surface area contributed by atoms with Crippen LogP contribution in [-0.4, -0.2) is 47.2 Å². The lowest BCUT2D eigenvalue weighted by Crippen LogP contribution is -2.53. The molecule has 2 aliphatic rings. The Hall–Kier alpha value is -0.610. The smallest absolute Gasteiger partial charge is 0.240 e. The molecule has 16 heavy (non-hydrogen) atoms. The summed E-state index contributed by atoms with van der Waals surface area (Å²) in [5.74, 6) is 0.197. The summed E-state index contributed by atoms with van der Waals surface area (Å²) in [6.07, 6.45) is 4.76. The van der Waals surface area contributed by atoms with Crippen LogP contribution in [0.15, 0.2) is 0 Å². The highest BCUT2D eigenvalue weighted by Crippen LogP contribution is 2.22. The average Bonchev–Trinajstić information content (AvgIpc) is 2.81. The average molecular weight is 226 g/mol. The summed E-state index contributed by atoms with van der Waals surface area (Å²) in [6, 6.07) is 0.0306. The number of hydrogen-bond acceptors (Lipinski definition) is 3. The van der Waals surface area contributed by atoms with Crippen molar-refractivity contribution < 1.29 is 9.90 Å². The molecule has 2 aliphatic heterocycles. The Kier molecular flexibility index (Phi) is 3.82. The molecule has 0 spiro atoms. The molecule has 0 bridgehead atoms. The van der Waals surface area contributed by atoms with E-state index in [0.717, 1.165) is 45.2 Å². The van der Waals surface area contributed by atoms with Gasteiger partial charge in [-0.1, -0.05) is 0 Å². The topological polar surface area (TPSA) is 52.6 Å². The number of piperidine rings is 1. The zero-order valence-corrected chi connectivity index (χ0v) is 9.98. The fourth-order valence-corrected chi connectivity index (χ4v) is 2.83. The predicted octanol–water partition coefficient (Wildman–Crippen LogP) is 0.500. The van der Waals surface area contributed by atoms with E-state index in [4.69, 9.17) is 0 Å². The molecule has 2 N–H and O–H groups in total. The summed E-state index contributed by atoms with van der Waals surface area (Å²) in [4.78, 5) is 14.2. The third-order valence-electron chi connectivity index (χ3n) is 3.75. The van der Waals surface area contributed by atoms with E-state index in [1.165, 1.54) is 0 Å². The van der Waals surface area contributed by atoms with Gasteiger partial charge in [0.1, 0.15) is 0 Å². The van der Waals surface area contributed by atoms with Crippen LogP contribution < -0.4 is 5.32 Å². The zero-order chi connectivity index (χ0) is 11.5. The molecule has 2 heterocycles. The standard InChI is InChI=1S/C12H22N2O2/c1-9(15)11-6-2-3-8-14(11)12(16)10-5-4-7-13-10/h9-11,13,15H,2-8H2,1H3/t9-,10+,11+/m0/s1. The number of carbonyl (C=O) groups is 1. The molecule has 0 saturated carbocycles. The fourth-order valence-electron chi connectivity index (χ4n) is 2.83. The van der Waals surface area contributed by atoms with Crippen molar-refractivity contribution >= 4 is 5.91 Å². The molecule has 4 heteroatoms. The predicted molar refractivity (Wildman–Crippen MR) is 62.1 cm³/mol. The van der Waals surface area contributed by atoms with Gasteiger partial charge in [0, 0.05) is 6.54 Å². The van der Waals surface area contributed by atoms with E-state index in [9.17, 15) is 9.90 Å². The molecule has 2 fully saturated rings. The Morgan fingerprint density at radius 3 is 2.81 bits per heavy atom. The highest BCUT2D eigenvalue weighted by Gasteiger charge is 2.34. The second kappa shape index (κ2) is 5.15. The Morgan fingerprint density at radius 1 is 1.38 bits per heavy atom. The molecule has 2 saturated heterocycles. The van der Waals surface area contributed by atoms with E-state index in [-0.39, 0.29) is 18.0 Å². The monoisotopic (exact) mass is 226 g/mol. The van der Waals surface area contributed by atoms with E-state index in [1.54, 1.807) is 6.92 Å². The highest BCUT2D eigenvalue weighted by atomic mass is 16.3. The lowest BCUT2D eigenvalue weighted by Gasteiger charge is -2.38. The Labute approximate surface area is 97.0 Å². The highest BCUT2D eigenvalue weighted by molar-refractivity contribution is 5.82. The van der Waals surface area contributed by atoms with Crippen molar-refractivity contribution in [1.82, 2.24) is 10.2 Å². The molecule has 2 rings (SSSR count). The Bertz CT molecular complexity index is 249. The second-order valence-electron chi connectivity index (χ2n) is 4.98. The first-order valence-corrected chi connectivity index (χ1v) is 6.42. The number of aliphatic hydroxyl groups is 1. The molecule has 0 unspecified atom stereocenters. The number of likely N-dealkylation sites (tertiary alicyclic amines) is 1. The summed E-state index contributed by atoms with van der Waals surface area (Å²) >= 11 is 0. The minimum atomic E-state index is -0.411. The van der Waals surface area contributed by atoms with Gasteiger partial charge in [0.2, 0.25) is 5.91 Å². The van der Waals surface area contributed by atoms with Gasteiger partial charge in [-0.2, -0.15) is 0 Å². The third kappa shape index (κ3) is 2.38. The molecular weight excluding hydrogens is 204 g/mol. The normalized spacial score (nSPS) is 32.8. The maximum atomic E-state index is 12.3. The number of nitrogens with zero attached hydrogens (tertiary/aromatic N) is 1. The molecule has 0 aromatic heterocycles. The van der Waals surface area contributed by atoms with Crippen molar-refractivity contribution in [3.8, 4) is 0 Å². The van der Waals surface area contributed by atoms with Gasteiger partial charge in [0.05, 0.1) is 18.2 Å². The number of rotatable bonds is 2. The van der Waals surface area contributed by atoms with Gasteiger partial charge in [-0.25, -0.2) is 0 Å². The van der Waals surface area contributed by atoms with Crippen molar-refractivity contribution in [2.45, 2.75) is 57.2 Å². The van der Waals surface area contributed by atoms with Gasteiger partial charge in [-0.15, -0.1) is 0 Å². The van der Waals surface area contributed by atoms with Crippen molar-refractivity contribution in [1.29, 1.82) is 0 Å². The van der Waals surface area contributed by atoms with Crippen LogP contribution in [0.4, 0.5) is 0 Å². The van der Waals surface area contributed by atoms with Crippen LogP contribution in [0.25, 0.3) is 0 Å². The minimum Gasteiger partial charge on any atom is -0.391 e. The second-order valence-corrected chi connectivity index (χ2v) is 4.98. The number of carbonyl (C=O) groups excluding carboxylic acids is 1. The number of nitrogens with one attached hydrogen (secondary N) is 1. The molecule has 0 aliphatic carbocycles. The summed E-state index contributed by atoms with van der Waals surface area (Å²) in [5.41, 5.74) is 0. The number of hydrogen-bond donors (Lipinski definition) is 2. The molecule has 0 aromatic carbocycles. The molecule has 4 nitrogen and oxygen atoms in total. The molecule has 0 aromatic rings. The van der Waals surface area contributed by atoms with Gasteiger partial charge in [-0.3, -0.25) is 4.79 Å². The zero-order valence-electron chi connectivity index (χ0n) is 9.98. The van der Waals surface area contributed by atoms with Crippen LogP contribution in [-0.2, 0) is 4.79 Å². The Balaban J connectivity index is 2.01. The van der Waals surface area contributed by atoms with Crippen molar-refractivity contribution in [2.24, 2.45) is 0 Å². The van der Waals surface area contributed by atoms with Gasteiger partial charge in [0.25, 0.3) is 0 Å². The van der Waals surface area contributed by atoms with E-state index in [1.807, 2.05) is 4.90 Å². The molecular formula is C12H22N2O2. The first-order valence-electron chi connectivity index (χ1n) is 6.42. The quantitative estimate of drug-likeness (QED) is 0.721. The van der Waals surface area contributed by atoms with Crippen molar-refractivity contribution in [3.05, 3.63) is 0 Å². The van der Waals surface area contributed by atoms with Crippen LogP contribution in [0, 0.1) is 0 Å². The first kappa shape index (κ1) is 11.9. The van der Waals surface area contributed by atoms with Crippen LogP contribution in [0.1, 0.15) is 39.0 Å². The van der Waals surface area contributed by atoms with Gasteiger partial charge >= 0.3 is 0 Å². The first-order chi connectivity index (χ1) is 7.70. The SMILES string of the molecule is C[C@H](O)[C@H]1CCCCN1C(=O)[C@H]1CCCN1. The maximum absolute atomic E-state index is 12.3. The minimum absolute atomic E-state index is 0.000602. The molecule has 0 radical (unpaired) electrons. The van der Waals surface area contributed by atoms with Crippen LogP contribution >= 0.6 is 0 Å². The summed E-state index contributed by atoms with van der Waals surface area (Å²) in [7, 11) is 0. The van der Waals surface area contributed by atoms with Crippen molar-refractivity contribution in [3.63, 3.8) is 0 Å². The van der Waals surface area contributed by atoms with E-state index in [0.29, 0.717) is 0 Å². The lowest BCUT2D eigenvalue weighted by molar-refractivity contribution is -0.139. The van der Waals surface area contributed by atoms with Gasteiger partial charge in [0.15, 0.2) is 0 Å². The van der Waals surface area contributed by atoms with Gasteiger partial charge < -0.3 is 15.3 Å². The van der Waals surface area contributed by atoms with Crippen LogP contribution in [0.2, 0.25) is 0 Å². The van der Waals surface area contributed by atoms with Crippen LogP contribution in [0.3, 0.4) is 0 Å². The largest absolute Gasteiger partial charge is 0.391 e. The number of aliphatic hydroxyl groups excluding tert-OH is 1. The Morgan fingerprint density at radius 2 is 2.19 bits per heavy atom. The number of amides is 1. The van der Waals surface area contributed by atoms with Gasteiger partial charge in [-0.05, 0) is 45.6 Å². The van der Waals surface area contributed by atoms with Crippen LogP contribution in [0.5, 0.6) is 0 Å². The molecule has 3 atom stereocenters. The van der Waals surface area contributed by atoms with E-state index < -0.39 is 6.10 Å². The lowest BCUT2D eigenvalue weighted by atomic mass is 9.97. The summed E-state index contributed by atoms with van der Waals surface area (Å²) < 4.78 is 0. The third-order valence-corrected chi connectivity index (χ3v) is 3.75. The molecule has 1 amide bonds. The van der Waals surface area contributed by atoms with E-state index >= 15 is 0 Å². The fraction of sp³-hybridized carbons (Fsp3) is 0.917. The summed E-state index contributed by atoms with van der Waals surface area (Å²) in [6.45, 7) is 3.55. The van der Waals surface area contributed by atoms with Crippen molar-refractivity contribution in [2.75, 3.05) is 13.1 Å².